The average molecular weight is 308 g/mol. The van der Waals surface area contributed by atoms with Gasteiger partial charge in [0.15, 0.2) is 0 Å². The van der Waals surface area contributed by atoms with E-state index in [9.17, 15) is 14.7 Å². The van der Waals surface area contributed by atoms with Crippen molar-refractivity contribution in [2.45, 2.75) is 38.2 Å². The van der Waals surface area contributed by atoms with Crippen LogP contribution >= 0.6 is 11.3 Å². The summed E-state index contributed by atoms with van der Waals surface area (Å²) in [5.41, 5.74) is -0.797. The molecule has 2 amide bonds. The summed E-state index contributed by atoms with van der Waals surface area (Å²) in [4.78, 5) is 26.5. The van der Waals surface area contributed by atoms with E-state index in [-0.39, 0.29) is 17.7 Å². The molecule has 0 spiro atoms. The van der Waals surface area contributed by atoms with Crippen LogP contribution in [0.2, 0.25) is 0 Å². The van der Waals surface area contributed by atoms with Crippen LogP contribution in [0.15, 0.2) is 12.1 Å². The van der Waals surface area contributed by atoms with E-state index in [0.717, 1.165) is 30.7 Å². The van der Waals surface area contributed by atoms with Gasteiger partial charge in [-0.3, -0.25) is 9.59 Å². The first kappa shape index (κ1) is 14.5. The van der Waals surface area contributed by atoms with E-state index in [0.29, 0.717) is 18.0 Å². The van der Waals surface area contributed by atoms with Crippen LogP contribution in [0.5, 0.6) is 0 Å². The highest BCUT2D eigenvalue weighted by atomic mass is 32.1. The van der Waals surface area contributed by atoms with Crippen molar-refractivity contribution in [1.29, 1.82) is 0 Å². The first-order chi connectivity index (χ1) is 9.94. The molecule has 0 bridgehead atoms. The molecule has 0 aromatic carbocycles. The number of aliphatic hydroxyl groups is 1. The molecule has 1 aliphatic carbocycles. The molecular formula is C15H20N2O3S. The first-order valence-electron chi connectivity index (χ1n) is 7.37. The van der Waals surface area contributed by atoms with E-state index in [1.807, 2.05) is 0 Å². The Balaban J connectivity index is 1.64. The number of carbonyl (C=O) groups is 2. The summed E-state index contributed by atoms with van der Waals surface area (Å²) in [6, 6.07) is 3.53. The van der Waals surface area contributed by atoms with Crippen LogP contribution in [-0.4, -0.2) is 40.5 Å². The second-order valence-corrected chi connectivity index (χ2v) is 7.34. The van der Waals surface area contributed by atoms with Crippen LogP contribution in [0.25, 0.3) is 0 Å². The fraction of sp³-hybridized carbons (Fsp3) is 0.600. The molecule has 1 saturated carbocycles. The molecule has 2 aliphatic rings. The number of piperidine rings is 1. The molecule has 1 atom stereocenters. The molecule has 1 unspecified atom stereocenters. The van der Waals surface area contributed by atoms with Crippen LogP contribution in [0.3, 0.4) is 0 Å². The van der Waals surface area contributed by atoms with Gasteiger partial charge in [0.05, 0.1) is 15.5 Å². The number of nitrogens with one attached hydrogen (secondary N) is 1. The highest BCUT2D eigenvalue weighted by Gasteiger charge is 2.32. The van der Waals surface area contributed by atoms with Gasteiger partial charge in [-0.25, -0.2) is 0 Å². The van der Waals surface area contributed by atoms with Gasteiger partial charge in [0.1, 0.15) is 0 Å². The molecule has 1 saturated heterocycles. The predicted octanol–water partition coefficient (Wildman–Crippen LogP) is 2.08. The molecule has 3 rings (SSSR count). The fourth-order valence-corrected chi connectivity index (χ4v) is 3.52. The molecule has 5 nitrogen and oxygen atoms in total. The molecule has 2 N–H and O–H groups in total. The summed E-state index contributed by atoms with van der Waals surface area (Å²) >= 11 is 1.30. The fourth-order valence-electron chi connectivity index (χ4n) is 2.64. The lowest BCUT2D eigenvalue weighted by Crippen LogP contribution is -2.48. The number of thiophene rings is 1. The van der Waals surface area contributed by atoms with Crippen LogP contribution in [0.1, 0.15) is 42.3 Å². The second kappa shape index (κ2) is 5.42. The van der Waals surface area contributed by atoms with Crippen molar-refractivity contribution in [1.82, 2.24) is 4.90 Å². The smallest absolute Gasteiger partial charge is 0.264 e. The molecule has 0 radical (unpaired) electrons. The third-order valence-corrected chi connectivity index (χ3v) is 4.96. The van der Waals surface area contributed by atoms with Gasteiger partial charge in [0, 0.05) is 19.0 Å². The van der Waals surface area contributed by atoms with Gasteiger partial charge in [-0.15, -0.1) is 11.3 Å². The summed E-state index contributed by atoms with van der Waals surface area (Å²) in [5, 5.41) is 13.7. The summed E-state index contributed by atoms with van der Waals surface area (Å²) in [5.74, 6) is 0.145. The lowest BCUT2D eigenvalue weighted by atomic mass is 9.95. The minimum absolute atomic E-state index is 0.0526. The summed E-state index contributed by atoms with van der Waals surface area (Å²) in [6.07, 6.45) is 3.47. The van der Waals surface area contributed by atoms with Crippen LogP contribution in [0, 0.1) is 5.92 Å². The number of likely N-dealkylation sites (tertiary alicyclic amines) is 1. The average Bonchev–Trinajstić information content (AvgIpc) is 3.18. The SMILES string of the molecule is CC1(O)CCCN(C(=O)c2ccc(NC(=O)C3CC3)s2)C1. The van der Waals surface area contributed by atoms with Gasteiger partial charge in [0.2, 0.25) is 5.91 Å². The Bertz CT molecular complexity index is 563. The zero-order valence-electron chi connectivity index (χ0n) is 12.1. The zero-order valence-corrected chi connectivity index (χ0v) is 12.9. The minimum Gasteiger partial charge on any atom is -0.388 e. The van der Waals surface area contributed by atoms with Gasteiger partial charge >= 0.3 is 0 Å². The van der Waals surface area contributed by atoms with Crippen molar-refractivity contribution < 1.29 is 14.7 Å². The molecule has 1 aliphatic heterocycles. The van der Waals surface area contributed by atoms with Crippen molar-refractivity contribution in [3.05, 3.63) is 17.0 Å². The van der Waals surface area contributed by atoms with Gasteiger partial charge in [-0.1, -0.05) is 0 Å². The lowest BCUT2D eigenvalue weighted by Gasteiger charge is -2.36. The zero-order chi connectivity index (χ0) is 15.0. The van der Waals surface area contributed by atoms with E-state index in [1.54, 1.807) is 24.0 Å². The van der Waals surface area contributed by atoms with Crippen LogP contribution in [-0.2, 0) is 4.79 Å². The maximum atomic E-state index is 12.4. The van der Waals surface area contributed by atoms with Crippen molar-refractivity contribution in [3.63, 3.8) is 0 Å². The Hall–Kier alpha value is -1.40. The van der Waals surface area contributed by atoms with Gasteiger partial charge in [0.25, 0.3) is 5.91 Å². The highest BCUT2D eigenvalue weighted by molar-refractivity contribution is 7.18. The van der Waals surface area contributed by atoms with E-state index < -0.39 is 5.60 Å². The van der Waals surface area contributed by atoms with Crippen LogP contribution < -0.4 is 5.32 Å². The quantitative estimate of drug-likeness (QED) is 0.898. The molecule has 1 aromatic heterocycles. The Morgan fingerprint density at radius 3 is 2.86 bits per heavy atom. The van der Waals surface area contributed by atoms with Gasteiger partial charge in [-0.2, -0.15) is 0 Å². The third-order valence-electron chi connectivity index (χ3n) is 3.97. The molecular weight excluding hydrogens is 288 g/mol. The minimum atomic E-state index is -0.797. The van der Waals surface area contributed by atoms with Crippen molar-refractivity contribution in [2.24, 2.45) is 5.92 Å². The van der Waals surface area contributed by atoms with E-state index in [2.05, 4.69) is 5.32 Å². The molecule has 114 valence electrons. The van der Waals surface area contributed by atoms with Crippen molar-refractivity contribution in [2.75, 3.05) is 18.4 Å². The Morgan fingerprint density at radius 2 is 2.19 bits per heavy atom. The summed E-state index contributed by atoms with van der Waals surface area (Å²) < 4.78 is 0. The Kier molecular flexibility index (Phi) is 3.75. The summed E-state index contributed by atoms with van der Waals surface area (Å²) in [7, 11) is 0. The third kappa shape index (κ3) is 3.44. The maximum Gasteiger partial charge on any atom is 0.264 e. The number of amides is 2. The van der Waals surface area contributed by atoms with Crippen molar-refractivity contribution >= 4 is 28.2 Å². The monoisotopic (exact) mass is 308 g/mol. The standard InChI is InChI=1S/C15H20N2O3S/c1-15(20)7-2-8-17(9-15)14(19)11-5-6-12(21-11)16-13(18)10-3-4-10/h5-6,10,20H,2-4,7-9H2,1H3,(H,16,18). The number of nitrogens with zero attached hydrogens (tertiary/aromatic N) is 1. The lowest BCUT2D eigenvalue weighted by molar-refractivity contribution is -0.117. The summed E-state index contributed by atoms with van der Waals surface area (Å²) in [6.45, 7) is 2.81. The molecule has 2 fully saturated rings. The number of rotatable bonds is 3. The van der Waals surface area contributed by atoms with Crippen molar-refractivity contribution in [3.8, 4) is 0 Å². The normalized spacial score (nSPS) is 25.7. The number of β-amino-alcohol motifs (C(OH)–C–C–N with tert-alkyl or cyclic N) is 1. The number of hydrogen-bond acceptors (Lipinski definition) is 4. The predicted molar refractivity (Wildman–Crippen MR) is 81.4 cm³/mol. The molecule has 6 heteroatoms. The Morgan fingerprint density at radius 1 is 1.43 bits per heavy atom. The van der Waals surface area contributed by atoms with E-state index >= 15 is 0 Å². The van der Waals surface area contributed by atoms with E-state index in [4.69, 9.17) is 0 Å². The molecule has 21 heavy (non-hydrogen) atoms. The number of hydrogen-bond donors (Lipinski definition) is 2. The molecule has 1 aromatic rings. The maximum absolute atomic E-state index is 12.4. The van der Waals surface area contributed by atoms with Crippen LogP contribution in [0.4, 0.5) is 5.00 Å². The topological polar surface area (TPSA) is 69.6 Å². The van der Waals surface area contributed by atoms with Gasteiger partial charge in [-0.05, 0) is 44.7 Å². The number of anilines is 1. The highest BCUT2D eigenvalue weighted by Crippen LogP contribution is 2.32. The first-order valence-corrected chi connectivity index (χ1v) is 8.19. The Labute approximate surface area is 128 Å². The second-order valence-electron chi connectivity index (χ2n) is 6.25. The number of carbonyl (C=O) groups excluding carboxylic acids is 2. The van der Waals surface area contributed by atoms with Gasteiger partial charge < -0.3 is 15.3 Å². The largest absolute Gasteiger partial charge is 0.388 e. The molecule has 2 heterocycles. The van der Waals surface area contributed by atoms with E-state index in [1.165, 1.54) is 11.3 Å².